The third kappa shape index (κ3) is 4.33. The molecular weight excluding hydrogens is 296 g/mol. The molecule has 0 bridgehead atoms. The molecular formula is C16H20N4OS. The number of hydrogen-bond acceptors (Lipinski definition) is 2. The first-order valence-electron chi connectivity index (χ1n) is 6.98. The lowest BCUT2D eigenvalue weighted by Crippen LogP contribution is -2.52. The minimum Gasteiger partial charge on any atom is -0.357 e. The summed E-state index contributed by atoms with van der Waals surface area (Å²) in [5.41, 5.74) is 6.54. The van der Waals surface area contributed by atoms with E-state index in [-0.39, 0.29) is 11.4 Å². The molecule has 0 radical (unpaired) electrons. The molecule has 0 spiro atoms. The number of thiocarbonyl (C=S) groups is 1. The third-order valence-electron chi connectivity index (χ3n) is 2.81. The van der Waals surface area contributed by atoms with Crippen molar-refractivity contribution in [1.82, 2.24) is 20.7 Å². The van der Waals surface area contributed by atoms with Gasteiger partial charge in [0.2, 0.25) is 0 Å². The lowest BCUT2D eigenvalue weighted by Gasteiger charge is -2.23. The van der Waals surface area contributed by atoms with Gasteiger partial charge in [0.1, 0.15) is 0 Å². The fourth-order valence-electron chi connectivity index (χ4n) is 1.94. The second kappa shape index (κ2) is 6.62. The van der Waals surface area contributed by atoms with Gasteiger partial charge in [-0.2, -0.15) is 0 Å². The van der Waals surface area contributed by atoms with Crippen LogP contribution >= 0.6 is 12.2 Å². The van der Waals surface area contributed by atoms with Gasteiger partial charge in [0, 0.05) is 17.9 Å². The molecule has 0 unspecified atom stereocenters. The Morgan fingerprint density at radius 2 is 1.68 bits per heavy atom. The highest BCUT2D eigenvalue weighted by molar-refractivity contribution is 7.80. The summed E-state index contributed by atoms with van der Waals surface area (Å²) in [4.78, 5) is 12.4. The third-order valence-corrected chi connectivity index (χ3v) is 3.01. The summed E-state index contributed by atoms with van der Waals surface area (Å²) in [5, 5.41) is 3.44. The Hall–Kier alpha value is -2.34. The number of amides is 1. The van der Waals surface area contributed by atoms with Gasteiger partial charge >= 0.3 is 0 Å². The average Bonchev–Trinajstić information content (AvgIpc) is 2.97. The van der Waals surface area contributed by atoms with Crippen LogP contribution in [-0.4, -0.2) is 21.1 Å². The zero-order chi connectivity index (χ0) is 16.2. The maximum atomic E-state index is 12.4. The molecule has 0 saturated heterocycles. The number of carbonyl (C=O) groups is 1. The Balaban J connectivity index is 2.06. The molecule has 1 aromatic carbocycles. The Morgan fingerprint density at radius 3 is 2.32 bits per heavy atom. The molecule has 6 heteroatoms. The Kier molecular flexibility index (Phi) is 4.82. The van der Waals surface area contributed by atoms with Crippen molar-refractivity contribution in [3.8, 4) is 5.69 Å². The fraction of sp³-hybridized carbons (Fsp3) is 0.250. The summed E-state index contributed by atoms with van der Waals surface area (Å²) < 4.78 is 1.89. The molecule has 0 atom stereocenters. The molecule has 0 fully saturated rings. The predicted molar refractivity (Wildman–Crippen MR) is 91.9 cm³/mol. The first-order valence-corrected chi connectivity index (χ1v) is 7.38. The Morgan fingerprint density at radius 1 is 1.05 bits per heavy atom. The first kappa shape index (κ1) is 16.0. The maximum absolute atomic E-state index is 12.4. The molecule has 3 N–H and O–H groups in total. The smallest absolute Gasteiger partial charge is 0.271 e. The van der Waals surface area contributed by atoms with Gasteiger partial charge in [0.05, 0.1) is 11.3 Å². The maximum Gasteiger partial charge on any atom is 0.271 e. The van der Waals surface area contributed by atoms with Gasteiger partial charge in [-0.15, -0.1) is 0 Å². The molecule has 1 heterocycles. The van der Waals surface area contributed by atoms with Gasteiger partial charge in [-0.05, 0) is 57.3 Å². The van der Waals surface area contributed by atoms with Crippen LogP contribution in [0.5, 0.6) is 0 Å². The summed E-state index contributed by atoms with van der Waals surface area (Å²) in [6.45, 7) is 5.97. The van der Waals surface area contributed by atoms with Crippen molar-refractivity contribution in [2.45, 2.75) is 26.3 Å². The van der Waals surface area contributed by atoms with Crippen LogP contribution in [-0.2, 0) is 0 Å². The number of hydrogen-bond donors (Lipinski definition) is 3. The van der Waals surface area contributed by atoms with Crippen molar-refractivity contribution in [3.05, 3.63) is 54.4 Å². The Labute approximate surface area is 135 Å². The number of nitrogens with zero attached hydrogens (tertiary/aromatic N) is 1. The highest BCUT2D eigenvalue weighted by Gasteiger charge is 2.14. The number of para-hydroxylation sites is 1. The first-order chi connectivity index (χ1) is 10.4. The van der Waals surface area contributed by atoms with E-state index >= 15 is 0 Å². The van der Waals surface area contributed by atoms with Crippen molar-refractivity contribution in [2.75, 3.05) is 0 Å². The zero-order valence-electron chi connectivity index (χ0n) is 12.9. The molecule has 0 aliphatic carbocycles. The zero-order valence-corrected chi connectivity index (χ0v) is 13.7. The number of nitrogens with one attached hydrogen (secondary N) is 3. The normalized spacial score (nSPS) is 10.9. The van der Waals surface area contributed by atoms with E-state index in [4.69, 9.17) is 12.2 Å². The summed E-state index contributed by atoms with van der Waals surface area (Å²) in [6, 6.07) is 11.2. The number of rotatable bonds is 2. The largest absolute Gasteiger partial charge is 0.357 e. The van der Waals surface area contributed by atoms with E-state index in [0.29, 0.717) is 10.7 Å². The summed E-state index contributed by atoms with van der Waals surface area (Å²) >= 11 is 5.14. The highest BCUT2D eigenvalue weighted by Crippen LogP contribution is 2.14. The molecule has 2 rings (SSSR count). The van der Waals surface area contributed by atoms with Gasteiger partial charge in [0.25, 0.3) is 5.91 Å². The summed E-state index contributed by atoms with van der Waals surface area (Å²) in [5.74, 6) is -0.248. The van der Waals surface area contributed by atoms with Crippen molar-refractivity contribution in [1.29, 1.82) is 0 Å². The van der Waals surface area contributed by atoms with Crippen LogP contribution in [0.15, 0.2) is 48.8 Å². The van der Waals surface area contributed by atoms with E-state index in [2.05, 4.69) is 16.2 Å². The van der Waals surface area contributed by atoms with Crippen LogP contribution in [0.25, 0.3) is 5.69 Å². The molecule has 0 aliphatic rings. The monoisotopic (exact) mass is 316 g/mol. The van der Waals surface area contributed by atoms with E-state index < -0.39 is 0 Å². The van der Waals surface area contributed by atoms with Crippen LogP contribution in [0.1, 0.15) is 31.1 Å². The molecule has 1 amide bonds. The van der Waals surface area contributed by atoms with Gasteiger partial charge in [-0.25, -0.2) is 0 Å². The average molecular weight is 316 g/mol. The van der Waals surface area contributed by atoms with Crippen molar-refractivity contribution in [2.24, 2.45) is 0 Å². The van der Waals surface area contributed by atoms with E-state index in [1.807, 2.05) is 68.1 Å². The van der Waals surface area contributed by atoms with Crippen LogP contribution in [0.4, 0.5) is 0 Å². The standard InChI is InChI=1S/C16H20N4OS/c1-16(2,3)17-15(22)19-18-14(21)12-8-4-5-9-13(12)20-10-6-7-11-20/h4-11H,1-3H3,(H,18,21)(H2,17,19,22). The van der Waals surface area contributed by atoms with E-state index in [1.165, 1.54) is 0 Å². The second-order valence-corrected chi connectivity index (χ2v) is 6.30. The van der Waals surface area contributed by atoms with E-state index in [9.17, 15) is 4.79 Å². The molecule has 2 aromatic rings. The van der Waals surface area contributed by atoms with Crippen molar-refractivity contribution in [3.63, 3.8) is 0 Å². The molecule has 0 aliphatic heterocycles. The van der Waals surface area contributed by atoms with Gasteiger partial charge in [-0.3, -0.25) is 15.6 Å². The summed E-state index contributed by atoms with van der Waals surface area (Å²) in [7, 11) is 0. The van der Waals surface area contributed by atoms with Crippen LogP contribution in [0, 0.1) is 0 Å². The van der Waals surface area contributed by atoms with Crippen LogP contribution < -0.4 is 16.2 Å². The Bertz CT molecular complexity index is 659. The number of hydrazine groups is 1. The molecule has 1 aromatic heterocycles. The number of benzene rings is 1. The predicted octanol–water partition coefficient (Wildman–Crippen LogP) is 2.38. The van der Waals surface area contributed by atoms with E-state index in [0.717, 1.165) is 5.69 Å². The SMILES string of the molecule is CC(C)(C)NC(=S)NNC(=O)c1ccccc1-n1cccc1. The molecule has 22 heavy (non-hydrogen) atoms. The summed E-state index contributed by atoms with van der Waals surface area (Å²) in [6.07, 6.45) is 3.79. The van der Waals surface area contributed by atoms with Gasteiger partial charge in [0.15, 0.2) is 5.11 Å². The fourth-order valence-corrected chi connectivity index (χ4v) is 2.30. The van der Waals surface area contributed by atoms with Crippen molar-refractivity contribution < 1.29 is 4.79 Å². The van der Waals surface area contributed by atoms with E-state index in [1.54, 1.807) is 6.07 Å². The number of carbonyl (C=O) groups excluding carboxylic acids is 1. The van der Waals surface area contributed by atoms with Crippen LogP contribution in [0.3, 0.4) is 0 Å². The number of aromatic nitrogens is 1. The topological polar surface area (TPSA) is 58.1 Å². The second-order valence-electron chi connectivity index (χ2n) is 5.89. The minimum atomic E-state index is -0.248. The minimum absolute atomic E-state index is 0.169. The molecule has 5 nitrogen and oxygen atoms in total. The quantitative estimate of drug-likeness (QED) is 0.588. The van der Waals surface area contributed by atoms with Crippen molar-refractivity contribution >= 4 is 23.2 Å². The molecule has 0 saturated carbocycles. The molecule has 116 valence electrons. The van der Waals surface area contributed by atoms with Crippen LogP contribution in [0.2, 0.25) is 0 Å². The highest BCUT2D eigenvalue weighted by atomic mass is 32.1. The lowest BCUT2D eigenvalue weighted by atomic mass is 10.1. The lowest BCUT2D eigenvalue weighted by molar-refractivity contribution is 0.0943. The van der Waals surface area contributed by atoms with Gasteiger partial charge in [-0.1, -0.05) is 12.1 Å². The van der Waals surface area contributed by atoms with Gasteiger partial charge < -0.3 is 9.88 Å².